The number of ether oxygens (including phenoxy) is 2. The number of benzene rings is 3. The highest BCUT2D eigenvalue weighted by molar-refractivity contribution is 6.32. The van der Waals surface area contributed by atoms with Crippen molar-refractivity contribution in [1.82, 2.24) is 10.3 Å². The van der Waals surface area contributed by atoms with Crippen LogP contribution in [0.4, 0.5) is 4.39 Å². The summed E-state index contributed by atoms with van der Waals surface area (Å²) in [6.45, 7) is 0.673. The van der Waals surface area contributed by atoms with Crippen molar-refractivity contribution in [3.63, 3.8) is 0 Å². The molecule has 0 spiro atoms. The Morgan fingerprint density at radius 3 is 2.67 bits per heavy atom. The molecule has 1 heterocycles. The fraction of sp³-hybridized carbons (Fsp3) is 0.314. The number of nitriles is 1. The van der Waals surface area contributed by atoms with E-state index >= 15 is 0 Å². The van der Waals surface area contributed by atoms with E-state index in [-0.39, 0.29) is 30.7 Å². The zero-order valence-electron chi connectivity index (χ0n) is 23.7. The van der Waals surface area contributed by atoms with Crippen molar-refractivity contribution in [3.05, 3.63) is 112 Å². The van der Waals surface area contributed by atoms with Gasteiger partial charge in [-0.3, -0.25) is 4.98 Å². The van der Waals surface area contributed by atoms with Gasteiger partial charge < -0.3 is 19.9 Å². The van der Waals surface area contributed by atoms with Crippen molar-refractivity contribution in [2.75, 3.05) is 0 Å². The molecular formula is C35H33ClFN3O3. The van der Waals surface area contributed by atoms with E-state index in [9.17, 15) is 14.8 Å². The number of hydrogen-bond acceptors (Lipinski definition) is 6. The van der Waals surface area contributed by atoms with Crippen LogP contribution in [0.5, 0.6) is 11.5 Å². The van der Waals surface area contributed by atoms with Gasteiger partial charge in [0, 0.05) is 47.7 Å². The van der Waals surface area contributed by atoms with E-state index in [1.54, 1.807) is 24.4 Å². The molecule has 4 aromatic rings. The number of nitrogens with one attached hydrogen (secondary N) is 1. The summed E-state index contributed by atoms with van der Waals surface area (Å²) in [5, 5.41) is 23.7. The third-order valence-electron chi connectivity index (χ3n) is 8.37. The van der Waals surface area contributed by atoms with Gasteiger partial charge in [0.05, 0.1) is 16.7 Å². The third-order valence-corrected chi connectivity index (χ3v) is 8.66. The molecule has 0 bridgehead atoms. The maximum absolute atomic E-state index is 14.7. The first-order chi connectivity index (χ1) is 21.0. The second kappa shape index (κ2) is 13.1. The summed E-state index contributed by atoms with van der Waals surface area (Å²) >= 11 is 6.81. The fourth-order valence-corrected chi connectivity index (χ4v) is 6.37. The maximum Gasteiger partial charge on any atom is 0.142 e. The molecule has 0 aliphatic heterocycles. The minimum absolute atomic E-state index is 0.00597. The van der Waals surface area contributed by atoms with Crippen molar-refractivity contribution < 1.29 is 19.0 Å². The van der Waals surface area contributed by atoms with Crippen molar-refractivity contribution in [3.8, 4) is 28.7 Å². The number of pyridine rings is 1. The zero-order valence-corrected chi connectivity index (χ0v) is 24.5. The molecule has 0 amide bonds. The van der Waals surface area contributed by atoms with Crippen LogP contribution in [0, 0.1) is 17.1 Å². The Bertz CT molecular complexity index is 1660. The molecule has 3 atom stereocenters. The van der Waals surface area contributed by atoms with E-state index in [4.69, 9.17) is 21.1 Å². The topological polar surface area (TPSA) is 87.4 Å². The molecule has 0 unspecified atom stereocenters. The molecular weight excluding hydrogens is 565 g/mol. The monoisotopic (exact) mass is 597 g/mol. The highest BCUT2D eigenvalue weighted by Crippen LogP contribution is 2.43. The van der Waals surface area contributed by atoms with Crippen molar-refractivity contribution in [1.29, 1.82) is 5.26 Å². The predicted octanol–water partition coefficient (Wildman–Crippen LogP) is 7.45. The summed E-state index contributed by atoms with van der Waals surface area (Å²) in [5.74, 6) is 0.847. The van der Waals surface area contributed by atoms with Crippen LogP contribution >= 0.6 is 11.6 Å². The molecule has 8 heteroatoms. The number of aliphatic hydroxyl groups is 1. The van der Waals surface area contributed by atoms with Crippen LogP contribution in [0.1, 0.15) is 66.0 Å². The van der Waals surface area contributed by atoms with Gasteiger partial charge in [0.2, 0.25) is 0 Å². The van der Waals surface area contributed by atoms with Crippen LogP contribution in [-0.4, -0.2) is 22.2 Å². The number of aromatic nitrogens is 1. The second-order valence-corrected chi connectivity index (χ2v) is 11.6. The van der Waals surface area contributed by atoms with Gasteiger partial charge in [0.25, 0.3) is 0 Å². The Morgan fingerprint density at radius 1 is 1.00 bits per heavy atom. The molecule has 1 saturated carbocycles. The summed E-state index contributed by atoms with van der Waals surface area (Å²) < 4.78 is 27.5. The molecule has 0 saturated heterocycles. The lowest BCUT2D eigenvalue weighted by molar-refractivity contribution is 0.0901. The molecule has 2 N–H and O–H groups in total. The van der Waals surface area contributed by atoms with Crippen LogP contribution in [0.25, 0.3) is 11.1 Å². The van der Waals surface area contributed by atoms with Crippen LogP contribution in [0.2, 0.25) is 5.02 Å². The molecule has 2 aliphatic carbocycles. The van der Waals surface area contributed by atoms with E-state index in [0.29, 0.717) is 34.2 Å². The minimum atomic E-state index is -0.382. The molecule has 220 valence electrons. The smallest absolute Gasteiger partial charge is 0.142 e. The van der Waals surface area contributed by atoms with E-state index in [0.717, 1.165) is 66.3 Å². The quantitative estimate of drug-likeness (QED) is 0.208. The van der Waals surface area contributed by atoms with Crippen LogP contribution in [-0.2, 0) is 19.6 Å². The number of rotatable bonds is 9. The van der Waals surface area contributed by atoms with Gasteiger partial charge in [-0.2, -0.15) is 5.26 Å². The lowest BCUT2D eigenvalue weighted by atomic mass is 9.92. The number of halogens is 2. The number of aliphatic hydroxyl groups excluding tert-OH is 1. The van der Waals surface area contributed by atoms with Crippen molar-refractivity contribution in [2.45, 2.75) is 69.9 Å². The molecule has 3 aromatic carbocycles. The van der Waals surface area contributed by atoms with Crippen LogP contribution in [0.3, 0.4) is 0 Å². The first kappa shape index (κ1) is 29.1. The van der Waals surface area contributed by atoms with Gasteiger partial charge >= 0.3 is 0 Å². The standard InChI is InChI=1S/C35H33ClFN3O3/c36-29-15-24(20-40-31-10-3-4-11-32(31)41)34(42-21-23-14-22(17-38)18-39-19-23)16-35(29)43-33-13-12-26-25(7-5-8-28(26)33)27-6-1-2-9-30(27)37/h1-2,5-9,14-16,18-19,31-33,40-41H,3-4,10-13,20-21H2/t31-,32+,33-/m0/s1. The molecule has 2 aliphatic rings. The Kier molecular flexibility index (Phi) is 8.90. The van der Waals surface area contributed by atoms with E-state index in [1.807, 2.05) is 36.4 Å². The predicted molar refractivity (Wildman–Crippen MR) is 163 cm³/mol. The highest BCUT2D eigenvalue weighted by Gasteiger charge is 2.29. The fourth-order valence-electron chi connectivity index (χ4n) is 6.14. The van der Waals surface area contributed by atoms with Gasteiger partial charge in [-0.15, -0.1) is 0 Å². The average Bonchev–Trinajstić information content (AvgIpc) is 3.44. The summed E-state index contributed by atoms with van der Waals surface area (Å²) in [6.07, 6.45) is 7.88. The summed E-state index contributed by atoms with van der Waals surface area (Å²) in [6, 6.07) is 20.3. The second-order valence-electron chi connectivity index (χ2n) is 11.2. The van der Waals surface area contributed by atoms with Crippen LogP contribution in [0.15, 0.2) is 73.1 Å². The summed E-state index contributed by atoms with van der Waals surface area (Å²) in [4.78, 5) is 4.14. The Labute approximate surface area is 256 Å². The van der Waals surface area contributed by atoms with Gasteiger partial charge in [-0.1, -0.05) is 60.8 Å². The Hall–Kier alpha value is -3.96. The molecule has 43 heavy (non-hydrogen) atoms. The van der Waals surface area contributed by atoms with Gasteiger partial charge in [0.1, 0.15) is 36.1 Å². The first-order valence-electron chi connectivity index (χ1n) is 14.7. The summed E-state index contributed by atoms with van der Waals surface area (Å²) in [7, 11) is 0. The minimum Gasteiger partial charge on any atom is -0.488 e. The molecule has 0 radical (unpaired) electrons. The largest absolute Gasteiger partial charge is 0.488 e. The zero-order chi connectivity index (χ0) is 29.8. The molecule has 1 fully saturated rings. The van der Waals surface area contributed by atoms with Crippen LogP contribution < -0.4 is 14.8 Å². The van der Waals surface area contributed by atoms with E-state index < -0.39 is 0 Å². The Morgan fingerprint density at radius 2 is 1.84 bits per heavy atom. The van der Waals surface area contributed by atoms with Gasteiger partial charge in [-0.25, -0.2) is 4.39 Å². The number of fused-ring (bicyclic) bond motifs is 1. The molecule has 6 rings (SSSR count). The highest BCUT2D eigenvalue weighted by atomic mass is 35.5. The molecule has 6 nitrogen and oxygen atoms in total. The van der Waals surface area contributed by atoms with E-state index in [2.05, 4.69) is 16.4 Å². The molecule has 1 aromatic heterocycles. The number of hydrogen-bond donors (Lipinski definition) is 2. The Balaban J connectivity index is 1.26. The lowest BCUT2D eigenvalue weighted by Gasteiger charge is -2.29. The average molecular weight is 598 g/mol. The third kappa shape index (κ3) is 6.52. The maximum atomic E-state index is 14.7. The van der Waals surface area contributed by atoms with Gasteiger partial charge in [0.15, 0.2) is 0 Å². The lowest BCUT2D eigenvalue weighted by Crippen LogP contribution is -2.41. The van der Waals surface area contributed by atoms with Crippen molar-refractivity contribution >= 4 is 11.6 Å². The van der Waals surface area contributed by atoms with E-state index in [1.165, 1.54) is 12.3 Å². The normalized spacial score (nSPS) is 19.4. The van der Waals surface area contributed by atoms with Gasteiger partial charge in [-0.05, 0) is 60.6 Å². The summed E-state index contributed by atoms with van der Waals surface area (Å²) in [5.41, 5.74) is 5.65. The van der Waals surface area contributed by atoms with Crippen molar-refractivity contribution in [2.24, 2.45) is 0 Å². The number of nitrogens with zero attached hydrogens (tertiary/aromatic N) is 2. The first-order valence-corrected chi connectivity index (χ1v) is 15.1. The SMILES string of the molecule is N#Cc1cncc(COc2cc(O[C@H]3CCc4c(-c5ccccc5F)cccc43)c(Cl)cc2CN[C@H]2CCCC[C@H]2O)c1.